The second kappa shape index (κ2) is 8.63. The van der Waals surface area contributed by atoms with Crippen LogP contribution in [0.2, 0.25) is 0 Å². The molecule has 37 heavy (non-hydrogen) atoms. The fraction of sp³-hybridized carbons (Fsp3) is 0.188. The third-order valence-electron chi connectivity index (χ3n) is 7.17. The van der Waals surface area contributed by atoms with Gasteiger partial charge in [-0.05, 0) is 57.6 Å². The number of nitrogens with zero attached hydrogens (tertiary/aromatic N) is 2. The van der Waals surface area contributed by atoms with E-state index in [1.165, 1.54) is 5.56 Å². The van der Waals surface area contributed by atoms with Gasteiger partial charge in [0, 0.05) is 17.2 Å². The number of aromatic nitrogens is 2. The van der Waals surface area contributed by atoms with E-state index in [4.69, 9.17) is 14.5 Å². The second-order valence-corrected chi connectivity index (χ2v) is 10.5. The first-order chi connectivity index (χ1) is 17.8. The number of nitrogens with one attached hydrogen (secondary N) is 1. The van der Waals surface area contributed by atoms with Crippen molar-refractivity contribution in [3.8, 4) is 23.1 Å². The van der Waals surface area contributed by atoms with Crippen molar-refractivity contribution in [2.75, 3.05) is 7.11 Å². The van der Waals surface area contributed by atoms with Crippen LogP contribution in [0.1, 0.15) is 48.9 Å². The minimum atomic E-state index is -0.249. The average Bonchev–Trinajstić information content (AvgIpc) is 2.91. The van der Waals surface area contributed by atoms with Crippen LogP contribution >= 0.6 is 0 Å². The van der Waals surface area contributed by atoms with Gasteiger partial charge in [0.15, 0.2) is 0 Å². The monoisotopic (exact) mass is 487 g/mol. The van der Waals surface area contributed by atoms with Crippen LogP contribution < -0.4 is 15.0 Å². The predicted molar refractivity (Wildman–Crippen MR) is 146 cm³/mol. The van der Waals surface area contributed by atoms with Crippen molar-refractivity contribution in [3.05, 3.63) is 119 Å². The molecule has 2 heterocycles. The molecule has 4 aromatic carbocycles. The molecule has 1 aliphatic heterocycles. The van der Waals surface area contributed by atoms with Gasteiger partial charge < -0.3 is 9.47 Å². The molecule has 0 spiro atoms. The van der Waals surface area contributed by atoms with Gasteiger partial charge in [-0.2, -0.15) is 0 Å². The lowest BCUT2D eigenvalue weighted by atomic mass is 9.81. The molecule has 1 N–H and O–H groups in total. The van der Waals surface area contributed by atoms with Crippen LogP contribution in [0.25, 0.3) is 16.5 Å². The molecule has 184 valence electrons. The molecule has 1 aromatic heterocycles. The molecule has 0 fully saturated rings. The highest BCUT2D eigenvalue weighted by Gasteiger charge is 2.34. The first-order valence-electron chi connectivity index (χ1n) is 12.5. The summed E-state index contributed by atoms with van der Waals surface area (Å²) in [5.74, 6) is 1.75. The van der Waals surface area contributed by atoms with Crippen LogP contribution in [-0.2, 0) is 5.41 Å². The van der Waals surface area contributed by atoms with Crippen LogP contribution in [0.5, 0.6) is 17.4 Å². The van der Waals surface area contributed by atoms with Crippen molar-refractivity contribution in [2.24, 2.45) is 0 Å². The minimum absolute atomic E-state index is 0.0527. The first-order valence-corrected chi connectivity index (χ1v) is 12.5. The molecule has 1 atom stereocenters. The Labute approximate surface area is 216 Å². The minimum Gasteiger partial charge on any atom is -0.497 e. The second-order valence-electron chi connectivity index (χ2n) is 10.5. The van der Waals surface area contributed by atoms with E-state index in [1.54, 1.807) is 13.4 Å². The smallest absolute Gasteiger partial charge is 0.228 e. The summed E-state index contributed by atoms with van der Waals surface area (Å²) in [6.07, 6.45) is 1.68. The Hall–Kier alpha value is -4.38. The summed E-state index contributed by atoms with van der Waals surface area (Å²) in [7, 11) is 1.67. The molecule has 5 heteroatoms. The highest BCUT2D eigenvalue weighted by Crippen LogP contribution is 2.48. The molecule has 0 saturated carbocycles. The molecule has 6 rings (SSSR count). The van der Waals surface area contributed by atoms with E-state index >= 15 is 0 Å². The van der Waals surface area contributed by atoms with Gasteiger partial charge >= 0.3 is 0 Å². The first kappa shape index (κ1) is 23.0. The van der Waals surface area contributed by atoms with Gasteiger partial charge in [0.1, 0.15) is 23.3 Å². The fourth-order valence-corrected chi connectivity index (χ4v) is 5.19. The zero-order valence-corrected chi connectivity index (χ0v) is 21.4. The lowest BCUT2D eigenvalue weighted by Crippen LogP contribution is -2.29. The number of hydrogen-bond acceptors (Lipinski definition) is 4. The normalized spacial score (nSPS) is 14.5. The van der Waals surface area contributed by atoms with Crippen molar-refractivity contribution >= 4 is 10.8 Å². The Balaban J connectivity index is 1.61. The van der Waals surface area contributed by atoms with E-state index in [1.807, 2.05) is 41.0 Å². The number of rotatable bonds is 3. The zero-order valence-electron chi connectivity index (χ0n) is 21.4. The molecule has 1 aliphatic rings. The molecule has 0 amide bonds. The van der Waals surface area contributed by atoms with E-state index < -0.39 is 0 Å². The molecular formula is C32H29N3O2. The average molecular weight is 488 g/mol. The van der Waals surface area contributed by atoms with Crippen LogP contribution in [-0.4, -0.2) is 16.7 Å². The van der Waals surface area contributed by atoms with Crippen LogP contribution in [0.4, 0.5) is 0 Å². The largest absolute Gasteiger partial charge is 0.497 e. The summed E-state index contributed by atoms with van der Waals surface area (Å²) in [5.41, 5.74) is 5.33. The maximum atomic E-state index is 9.38. The van der Waals surface area contributed by atoms with Crippen LogP contribution in [0.3, 0.4) is 0 Å². The number of benzene rings is 4. The third-order valence-corrected chi connectivity index (χ3v) is 7.17. The lowest BCUT2D eigenvalue weighted by Gasteiger charge is -2.30. The van der Waals surface area contributed by atoms with E-state index in [2.05, 4.69) is 69.3 Å². The number of methoxy groups -OCH3 is 1. The molecule has 0 saturated heterocycles. The summed E-state index contributed by atoms with van der Waals surface area (Å²) < 4.78 is 13.8. The van der Waals surface area contributed by atoms with Crippen molar-refractivity contribution in [2.45, 2.75) is 32.1 Å². The maximum Gasteiger partial charge on any atom is 0.228 e. The van der Waals surface area contributed by atoms with Crippen LogP contribution in [0.15, 0.2) is 91.3 Å². The lowest BCUT2D eigenvalue weighted by molar-refractivity contribution is 0.412. The van der Waals surface area contributed by atoms with E-state index in [0.717, 1.165) is 44.6 Å². The number of hydrogen-bond donors (Lipinski definition) is 1. The molecule has 5 nitrogen and oxygen atoms in total. The predicted octanol–water partition coefficient (Wildman–Crippen LogP) is 7.10. The van der Waals surface area contributed by atoms with Crippen molar-refractivity contribution in [1.29, 1.82) is 5.41 Å². The fourth-order valence-electron chi connectivity index (χ4n) is 5.19. The van der Waals surface area contributed by atoms with E-state index in [0.29, 0.717) is 11.4 Å². The summed E-state index contributed by atoms with van der Waals surface area (Å²) in [5, 5.41) is 11.6. The maximum absolute atomic E-state index is 9.38. The summed E-state index contributed by atoms with van der Waals surface area (Å²) in [6, 6.07) is 28.8. The van der Waals surface area contributed by atoms with Crippen LogP contribution in [0, 0.1) is 5.41 Å². The van der Waals surface area contributed by atoms with Gasteiger partial charge in [-0.1, -0.05) is 75.4 Å². The van der Waals surface area contributed by atoms with Gasteiger partial charge in [0.25, 0.3) is 0 Å². The molecule has 0 radical (unpaired) electrons. The molecule has 1 unspecified atom stereocenters. The van der Waals surface area contributed by atoms with Crippen molar-refractivity contribution in [3.63, 3.8) is 0 Å². The Bertz CT molecular complexity index is 1690. The highest BCUT2D eigenvalue weighted by molar-refractivity contribution is 5.90. The number of ether oxygens (including phenoxy) is 2. The molecule has 0 bridgehead atoms. The number of fused-ring (bicyclic) bond motifs is 4. The topological polar surface area (TPSA) is 60.1 Å². The van der Waals surface area contributed by atoms with Gasteiger partial charge in [0.05, 0.1) is 12.7 Å². The Morgan fingerprint density at radius 2 is 1.68 bits per heavy atom. The van der Waals surface area contributed by atoms with Gasteiger partial charge in [-0.3, -0.25) is 9.98 Å². The summed E-state index contributed by atoms with van der Waals surface area (Å²) in [4.78, 5) is 4.71. The van der Waals surface area contributed by atoms with E-state index in [-0.39, 0.29) is 11.3 Å². The Morgan fingerprint density at radius 1 is 0.892 bits per heavy atom. The van der Waals surface area contributed by atoms with Crippen molar-refractivity contribution in [1.82, 2.24) is 9.55 Å². The summed E-state index contributed by atoms with van der Waals surface area (Å²) in [6.45, 7) is 6.59. The third kappa shape index (κ3) is 3.87. The summed E-state index contributed by atoms with van der Waals surface area (Å²) >= 11 is 0. The SMILES string of the molecule is COc1cccc(C2c3c(ncn(-c4ccc(C(C)(C)C)cc4)c3=N)Oc3ccc4ccccc4c32)c1. The quantitative estimate of drug-likeness (QED) is 0.290. The Kier molecular flexibility index (Phi) is 5.37. The standard InChI is InChI=1S/C32H29N3O2/c1-32(2,3)22-13-15-23(16-14-22)35-19-34-31-29(30(35)33)27(21-9-7-10-24(18-21)36-4)28-25-11-6-5-8-20(25)12-17-26(28)37-31/h5-19,27,33H,1-4H3. The molecular weight excluding hydrogens is 458 g/mol. The van der Waals surface area contributed by atoms with E-state index in [9.17, 15) is 5.41 Å². The zero-order chi connectivity index (χ0) is 25.7. The van der Waals surface area contributed by atoms with Gasteiger partial charge in [-0.15, -0.1) is 0 Å². The molecule has 5 aromatic rings. The van der Waals surface area contributed by atoms with Crippen molar-refractivity contribution < 1.29 is 9.47 Å². The molecule has 0 aliphatic carbocycles. The van der Waals surface area contributed by atoms with Gasteiger partial charge in [0.2, 0.25) is 5.88 Å². The Morgan fingerprint density at radius 3 is 2.43 bits per heavy atom. The highest BCUT2D eigenvalue weighted by atomic mass is 16.5. The van der Waals surface area contributed by atoms with Gasteiger partial charge in [-0.25, -0.2) is 4.98 Å².